The van der Waals surface area contributed by atoms with Crippen LogP contribution in [0.15, 0.2) is 22.7 Å². The van der Waals surface area contributed by atoms with Crippen molar-refractivity contribution in [3.05, 3.63) is 28.5 Å². The van der Waals surface area contributed by atoms with E-state index < -0.39 is 11.9 Å². The van der Waals surface area contributed by atoms with E-state index in [1.807, 2.05) is 0 Å². The number of ether oxygens (including phenoxy) is 1. The van der Waals surface area contributed by atoms with Crippen LogP contribution in [-0.2, 0) is 0 Å². The second-order valence-corrected chi connectivity index (χ2v) is 3.95. The Morgan fingerprint density at radius 3 is 2.79 bits per heavy atom. The van der Waals surface area contributed by atoms with E-state index in [1.54, 1.807) is 6.07 Å². The van der Waals surface area contributed by atoms with Crippen LogP contribution in [0.4, 0.5) is 4.39 Å². The monoisotopic (exact) mass is 282 g/mol. The van der Waals surface area contributed by atoms with Crippen molar-refractivity contribution in [3.63, 3.8) is 0 Å². The Morgan fingerprint density at radius 2 is 2.21 bits per heavy atom. The molecule has 0 saturated carbocycles. The van der Waals surface area contributed by atoms with Gasteiger partial charge in [0.25, 0.3) is 0 Å². The van der Waals surface area contributed by atoms with Crippen LogP contribution in [0.5, 0.6) is 5.75 Å². The number of halogens is 3. The molecule has 5 heteroatoms. The van der Waals surface area contributed by atoms with Gasteiger partial charge in [0.05, 0.1) is 5.88 Å². The van der Waals surface area contributed by atoms with E-state index in [-0.39, 0.29) is 12.5 Å². The first-order valence-electron chi connectivity index (χ1n) is 3.94. The number of benzene rings is 1. The standard InChI is InChI=1S/C9H9BrClFO2/c10-6-1-7(12)3-9(2-6)14-5-8(13)4-11/h1-3,8,13H,4-5H2. The van der Waals surface area contributed by atoms with Crippen LogP contribution in [0.1, 0.15) is 0 Å². The molecule has 2 nitrogen and oxygen atoms in total. The third kappa shape index (κ3) is 3.82. The molecule has 0 saturated heterocycles. The van der Waals surface area contributed by atoms with Crippen molar-refractivity contribution in [1.82, 2.24) is 0 Å². The SMILES string of the molecule is OC(CCl)COc1cc(F)cc(Br)c1. The Bertz CT molecular complexity index is 289. The van der Waals surface area contributed by atoms with Gasteiger partial charge in [0.1, 0.15) is 24.3 Å². The molecule has 1 aromatic rings. The van der Waals surface area contributed by atoms with E-state index in [0.29, 0.717) is 10.2 Å². The second kappa shape index (κ2) is 5.53. The average molecular weight is 284 g/mol. The van der Waals surface area contributed by atoms with Gasteiger partial charge in [-0.3, -0.25) is 0 Å². The molecule has 0 aromatic heterocycles. The molecule has 14 heavy (non-hydrogen) atoms. The van der Waals surface area contributed by atoms with Gasteiger partial charge in [-0.2, -0.15) is 0 Å². The zero-order chi connectivity index (χ0) is 10.6. The molecular formula is C9H9BrClFO2. The van der Waals surface area contributed by atoms with Gasteiger partial charge >= 0.3 is 0 Å². The molecule has 1 N–H and O–H groups in total. The molecule has 1 unspecified atom stereocenters. The second-order valence-electron chi connectivity index (χ2n) is 2.72. The van der Waals surface area contributed by atoms with Gasteiger partial charge in [-0.15, -0.1) is 11.6 Å². The summed E-state index contributed by atoms with van der Waals surface area (Å²) in [5.41, 5.74) is 0. The molecule has 0 radical (unpaired) electrons. The Balaban J connectivity index is 2.58. The first-order chi connectivity index (χ1) is 6.61. The van der Waals surface area contributed by atoms with Gasteiger partial charge in [-0.1, -0.05) is 15.9 Å². The number of aliphatic hydroxyl groups is 1. The maximum absolute atomic E-state index is 12.8. The molecule has 0 aliphatic rings. The normalized spacial score (nSPS) is 12.6. The quantitative estimate of drug-likeness (QED) is 0.861. The summed E-state index contributed by atoms with van der Waals surface area (Å²) in [5.74, 6) is 0.0621. The van der Waals surface area contributed by atoms with E-state index in [1.165, 1.54) is 12.1 Å². The maximum Gasteiger partial charge on any atom is 0.128 e. The molecule has 0 aliphatic heterocycles. The molecule has 0 amide bonds. The molecule has 0 heterocycles. The predicted octanol–water partition coefficient (Wildman–Crippen LogP) is 2.57. The maximum atomic E-state index is 12.8. The fourth-order valence-corrected chi connectivity index (χ4v) is 1.38. The number of alkyl halides is 1. The van der Waals surface area contributed by atoms with E-state index in [4.69, 9.17) is 21.4 Å². The minimum atomic E-state index is -0.737. The van der Waals surface area contributed by atoms with Crippen molar-refractivity contribution in [3.8, 4) is 5.75 Å². The summed E-state index contributed by atoms with van der Waals surface area (Å²) in [7, 11) is 0. The van der Waals surface area contributed by atoms with Crippen LogP contribution in [-0.4, -0.2) is 23.7 Å². The predicted molar refractivity (Wildman–Crippen MR) is 56.3 cm³/mol. The lowest BCUT2D eigenvalue weighted by atomic mass is 10.3. The molecule has 78 valence electrons. The molecule has 1 atom stereocenters. The largest absolute Gasteiger partial charge is 0.491 e. The number of aliphatic hydroxyl groups excluding tert-OH is 1. The number of rotatable bonds is 4. The van der Waals surface area contributed by atoms with E-state index in [2.05, 4.69) is 15.9 Å². The van der Waals surface area contributed by atoms with Crippen LogP contribution in [0.25, 0.3) is 0 Å². The fourth-order valence-electron chi connectivity index (χ4n) is 0.849. The zero-order valence-corrected chi connectivity index (χ0v) is 9.55. The lowest BCUT2D eigenvalue weighted by Crippen LogP contribution is -2.18. The molecule has 1 rings (SSSR count). The Hall–Kier alpha value is -0.320. The first-order valence-corrected chi connectivity index (χ1v) is 5.27. The molecule has 0 spiro atoms. The highest BCUT2D eigenvalue weighted by Crippen LogP contribution is 2.20. The van der Waals surface area contributed by atoms with E-state index in [0.717, 1.165) is 0 Å². The lowest BCUT2D eigenvalue weighted by molar-refractivity contribution is 0.125. The highest BCUT2D eigenvalue weighted by molar-refractivity contribution is 9.10. The van der Waals surface area contributed by atoms with Gasteiger partial charge in [0.15, 0.2) is 0 Å². The van der Waals surface area contributed by atoms with Crippen LogP contribution in [0.3, 0.4) is 0 Å². The van der Waals surface area contributed by atoms with Crippen molar-refractivity contribution >= 4 is 27.5 Å². The number of hydrogen-bond donors (Lipinski definition) is 1. The topological polar surface area (TPSA) is 29.5 Å². The van der Waals surface area contributed by atoms with Crippen molar-refractivity contribution in [2.75, 3.05) is 12.5 Å². The molecule has 0 bridgehead atoms. The minimum absolute atomic E-state index is 0.0550. The van der Waals surface area contributed by atoms with Gasteiger partial charge in [-0.05, 0) is 12.1 Å². The number of hydrogen-bond acceptors (Lipinski definition) is 2. The first kappa shape index (κ1) is 11.8. The van der Waals surface area contributed by atoms with Crippen LogP contribution >= 0.6 is 27.5 Å². The van der Waals surface area contributed by atoms with Crippen molar-refractivity contribution in [2.45, 2.75) is 6.10 Å². The highest BCUT2D eigenvalue weighted by Gasteiger charge is 2.04. The van der Waals surface area contributed by atoms with E-state index >= 15 is 0 Å². The van der Waals surface area contributed by atoms with Gasteiger partial charge in [-0.25, -0.2) is 4.39 Å². The van der Waals surface area contributed by atoms with Crippen molar-refractivity contribution in [2.24, 2.45) is 0 Å². The summed E-state index contributed by atoms with van der Waals surface area (Å²) in [6.07, 6.45) is -0.737. The molecule has 0 fully saturated rings. The summed E-state index contributed by atoms with van der Waals surface area (Å²) in [5, 5.41) is 9.10. The minimum Gasteiger partial charge on any atom is -0.491 e. The summed E-state index contributed by atoms with van der Waals surface area (Å²) in [6.45, 7) is 0.0550. The Kier molecular flexibility index (Phi) is 4.65. The fraction of sp³-hybridized carbons (Fsp3) is 0.333. The summed E-state index contributed by atoms with van der Waals surface area (Å²) >= 11 is 8.50. The zero-order valence-electron chi connectivity index (χ0n) is 7.21. The summed E-state index contributed by atoms with van der Waals surface area (Å²) in [4.78, 5) is 0. The molecule has 0 aliphatic carbocycles. The summed E-state index contributed by atoms with van der Waals surface area (Å²) < 4.78 is 18.5. The van der Waals surface area contributed by atoms with Gasteiger partial charge in [0, 0.05) is 10.5 Å². The Morgan fingerprint density at radius 1 is 1.50 bits per heavy atom. The van der Waals surface area contributed by atoms with Crippen LogP contribution < -0.4 is 4.74 Å². The van der Waals surface area contributed by atoms with Gasteiger partial charge < -0.3 is 9.84 Å². The van der Waals surface area contributed by atoms with Crippen LogP contribution in [0, 0.1) is 5.82 Å². The third-order valence-electron chi connectivity index (χ3n) is 1.46. The van der Waals surface area contributed by atoms with Crippen LogP contribution in [0.2, 0.25) is 0 Å². The smallest absolute Gasteiger partial charge is 0.128 e. The molecular weight excluding hydrogens is 274 g/mol. The Labute approximate surface area is 94.8 Å². The highest BCUT2D eigenvalue weighted by atomic mass is 79.9. The summed E-state index contributed by atoms with van der Waals surface area (Å²) in [6, 6.07) is 4.18. The molecule has 1 aromatic carbocycles. The lowest BCUT2D eigenvalue weighted by Gasteiger charge is -2.09. The third-order valence-corrected chi connectivity index (χ3v) is 2.27. The van der Waals surface area contributed by atoms with E-state index in [9.17, 15) is 4.39 Å². The van der Waals surface area contributed by atoms with Crippen molar-refractivity contribution in [1.29, 1.82) is 0 Å². The van der Waals surface area contributed by atoms with Crippen molar-refractivity contribution < 1.29 is 14.2 Å². The van der Waals surface area contributed by atoms with Gasteiger partial charge in [0.2, 0.25) is 0 Å². The average Bonchev–Trinajstić information content (AvgIpc) is 2.12.